The standard InChI is InChI=1S/C5H7N3O.H2N.Y/c6-4-3(9)1-2-8-5(4)7;;/h1-2H,6H2,(H3,7,8,9);1H2;/q;-1;. The zero-order chi connectivity index (χ0) is 6.85. The van der Waals surface area contributed by atoms with E-state index in [4.69, 9.17) is 16.6 Å². The number of nitrogens with two attached hydrogens (primary N) is 3. The van der Waals surface area contributed by atoms with Crippen LogP contribution in [0.25, 0.3) is 6.15 Å². The number of aromatic hydroxyl groups is 1. The molecule has 1 aromatic rings. The normalized spacial score (nSPS) is 7.64. The summed E-state index contributed by atoms with van der Waals surface area (Å²) in [4.78, 5) is 3.63. The minimum Gasteiger partial charge on any atom is -0.693 e. The zero-order valence-corrected chi connectivity index (χ0v) is 8.70. The molecule has 0 aliphatic rings. The molecule has 0 fully saturated rings. The third-order valence-corrected chi connectivity index (χ3v) is 0.998. The van der Waals surface area contributed by atoms with Crippen LogP contribution in [0.4, 0.5) is 11.5 Å². The van der Waals surface area contributed by atoms with Crippen molar-refractivity contribution in [1.29, 1.82) is 0 Å². The minimum atomic E-state index is -0.0255. The van der Waals surface area contributed by atoms with Gasteiger partial charge in [0.05, 0.1) is 0 Å². The number of aromatic nitrogens is 1. The van der Waals surface area contributed by atoms with Gasteiger partial charge in [0.25, 0.3) is 0 Å². The Morgan fingerprint density at radius 3 is 2.27 bits per heavy atom. The van der Waals surface area contributed by atoms with Crippen molar-refractivity contribution in [3.8, 4) is 5.75 Å². The quantitative estimate of drug-likeness (QED) is 0.606. The Bertz CT molecular complexity index is 209. The molecule has 0 spiro atoms. The van der Waals surface area contributed by atoms with E-state index in [2.05, 4.69) is 4.98 Å². The molecule has 0 aromatic carbocycles. The second-order valence-corrected chi connectivity index (χ2v) is 1.63. The van der Waals surface area contributed by atoms with Crippen LogP contribution in [0.1, 0.15) is 0 Å². The average Bonchev–Trinajstić information content (AvgIpc) is 1.83. The maximum absolute atomic E-state index is 8.86. The van der Waals surface area contributed by atoms with E-state index < -0.39 is 0 Å². The predicted octanol–water partition coefficient (Wildman–Crippen LogP) is 0.666. The van der Waals surface area contributed by atoms with Crippen LogP contribution in [0.15, 0.2) is 12.3 Å². The fourth-order valence-corrected chi connectivity index (χ4v) is 0.479. The maximum Gasteiger partial charge on any atom is 0.150 e. The SMILES string of the molecule is Nc1nccc(O)c1N.[NH2-].[Y]. The van der Waals surface area contributed by atoms with Crippen molar-refractivity contribution in [1.82, 2.24) is 4.98 Å². The summed E-state index contributed by atoms with van der Waals surface area (Å²) in [5.41, 5.74) is 10.6. The van der Waals surface area contributed by atoms with Crippen LogP contribution in [0, 0.1) is 0 Å². The Hall–Kier alpha value is -0.386. The van der Waals surface area contributed by atoms with Gasteiger partial charge in [-0.25, -0.2) is 4.98 Å². The van der Waals surface area contributed by atoms with Crippen LogP contribution in [0.5, 0.6) is 5.75 Å². The van der Waals surface area contributed by atoms with Gasteiger partial charge in [-0.3, -0.25) is 0 Å². The molecular formula is C5H9N4OY-. The molecule has 0 saturated carbocycles. The topological polar surface area (TPSA) is 119 Å². The van der Waals surface area contributed by atoms with Gasteiger partial charge >= 0.3 is 0 Å². The molecule has 5 nitrogen and oxygen atoms in total. The van der Waals surface area contributed by atoms with E-state index in [0.717, 1.165) is 0 Å². The first-order valence-corrected chi connectivity index (χ1v) is 2.40. The predicted molar refractivity (Wildman–Crippen MR) is 40.0 cm³/mol. The van der Waals surface area contributed by atoms with Gasteiger partial charge in [-0.1, -0.05) is 0 Å². The summed E-state index contributed by atoms with van der Waals surface area (Å²) < 4.78 is 0. The van der Waals surface area contributed by atoms with Gasteiger partial charge in [-0.05, 0) is 0 Å². The number of nitrogens with zero attached hydrogens (tertiary/aromatic N) is 1. The molecule has 0 amide bonds. The van der Waals surface area contributed by atoms with E-state index in [1.807, 2.05) is 0 Å². The Morgan fingerprint density at radius 1 is 1.36 bits per heavy atom. The number of hydrogen-bond acceptors (Lipinski definition) is 4. The van der Waals surface area contributed by atoms with Crippen molar-refractivity contribution in [2.45, 2.75) is 0 Å². The van der Waals surface area contributed by atoms with E-state index in [1.165, 1.54) is 12.3 Å². The van der Waals surface area contributed by atoms with Crippen molar-refractivity contribution in [3.63, 3.8) is 0 Å². The fraction of sp³-hybridized carbons (Fsp3) is 0. The Balaban J connectivity index is 0. The first-order chi connectivity index (χ1) is 4.22. The van der Waals surface area contributed by atoms with Crippen LogP contribution in [0.3, 0.4) is 0 Å². The molecule has 6 heteroatoms. The smallest absolute Gasteiger partial charge is 0.150 e. The van der Waals surface area contributed by atoms with Crippen molar-refractivity contribution >= 4 is 11.5 Å². The molecule has 0 saturated heterocycles. The Kier molecular flexibility index (Phi) is 6.36. The van der Waals surface area contributed by atoms with Crippen molar-refractivity contribution in [2.75, 3.05) is 11.5 Å². The average molecular weight is 230 g/mol. The molecule has 1 radical (unpaired) electrons. The zero-order valence-electron chi connectivity index (χ0n) is 5.86. The summed E-state index contributed by atoms with van der Waals surface area (Å²) in [6.45, 7) is 0. The second-order valence-electron chi connectivity index (χ2n) is 1.63. The molecule has 1 heterocycles. The van der Waals surface area contributed by atoms with Crippen LogP contribution in [-0.4, -0.2) is 10.1 Å². The van der Waals surface area contributed by atoms with E-state index >= 15 is 0 Å². The third-order valence-electron chi connectivity index (χ3n) is 0.998. The minimum absolute atomic E-state index is 0. The second kappa shape index (κ2) is 5.29. The number of nitrogen functional groups attached to an aromatic ring is 2. The fourth-order valence-electron chi connectivity index (χ4n) is 0.479. The molecule has 11 heavy (non-hydrogen) atoms. The van der Waals surface area contributed by atoms with E-state index in [0.29, 0.717) is 0 Å². The number of pyridine rings is 1. The number of hydrogen-bond donors (Lipinski definition) is 3. The molecule has 0 atom stereocenters. The van der Waals surface area contributed by atoms with Gasteiger partial charge in [-0.15, -0.1) is 0 Å². The van der Waals surface area contributed by atoms with Gasteiger partial charge in [0.2, 0.25) is 0 Å². The van der Waals surface area contributed by atoms with E-state index in [-0.39, 0.29) is 56.1 Å². The molecule has 1 rings (SSSR count). The van der Waals surface area contributed by atoms with Crippen molar-refractivity contribution in [2.24, 2.45) is 0 Å². The monoisotopic (exact) mass is 230 g/mol. The van der Waals surface area contributed by atoms with Crippen LogP contribution in [0.2, 0.25) is 0 Å². The Morgan fingerprint density at radius 2 is 1.91 bits per heavy atom. The summed E-state index contributed by atoms with van der Waals surface area (Å²) in [5, 5.41) is 8.86. The molecule has 0 aliphatic carbocycles. The van der Waals surface area contributed by atoms with Gasteiger partial charge in [-0.2, -0.15) is 0 Å². The first kappa shape index (κ1) is 13.2. The third kappa shape index (κ3) is 3.01. The first-order valence-electron chi connectivity index (χ1n) is 2.40. The largest absolute Gasteiger partial charge is 0.693 e. The summed E-state index contributed by atoms with van der Waals surface area (Å²) in [7, 11) is 0. The number of rotatable bonds is 0. The van der Waals surface area contributed by atoms with Crippen LogP contribution >= 0.6 is 0 Å². The number of anilines is 2. The maximum atomic E-state index is 8.86. The summed E-state index contributed by atoms with van der Waals surface area (Å²) in [6, 6.07) is 1.38. The summed E-state index contributed by atoms with van der Waals surface area (Å²) in [5.74, 6) is 0.137. The molecule has 0 aliphatic heterocycles. The molecule has 1 aromatic heterocycles. The molecular weight excluding hydrogens is 221 g/mol. The van der Waals surface area contributed by atoms with Gasteiger partial charge in [0.15, 0.2) is 0 Å². The summed E-state index contributed by atoms with van der Waals surface area (Å²) >= 11 is 0. The molecule has 0 unspecified atom stereocenters. The van der Waals surface area contributed by atoms with E-state index in [9.17, 15) is 0 Å². The van der Waals surface area contributed by atoms with Gasteiger partial charge < -0.3 is 22.7 Å². The molecule has 0 bridgehead atoms. The van der Waals surface area contributed by atoms with Crippen LogP contribution in [-0.2, 0) is 32.7 Å². The molecule has 7 N–H and O–H groups in total. The van der Waals surface area contributed by atoms with Gasteiger partial charge in [0, 0.05) is 45.0 Å². The van der Waals surface area contributed by atoms with E-state index in [1.54, 1.807) is 0 Å². The van der Waals surface area contributed by atoms with Crippen molar-refractivity contribution in [3.05, 3.63) is 18.4 Å². The van der Waals surface area contributed by atoms with Crippen LogP contribution < -0.4 is 11.5 Å². The van der Waals surface area contributed by atoms with Crippen molar-refractivity contribution < 1.29 is 37.8 Å². The van der Waals surface area contributed by atoms with Gasteiger partial charge in [0.1, 0.15) is 17.3 Å². The molecule has 59 valence electrons. The summed E-state index contributed by atoms with van der Waals surface area (Å²) in [6.07, 6.45) is 1.39. The Labute approximate surface area is 89.6 Å².